The molecular weight excluding hydrogens is 435 g/mol. The van der Waals surface area contributed by atoms with Crippen molar-refractivity contribution in [2.45, 2.75) is 32.1 Å². The van der Waals surface area contributed by atoms with Gasteiger partial charge in [-0.2, -0.15) is 0 Å². The van der Waals surface area contributed by atoms with Gasteiger partial charge >= 0.3 is 5.97 Å². The largest absolute Gasteiger partial charge is 0.461 e. The highest BCUT2D eigenvalue weighted by Gasteiger charge is 2.26. The fourth-order valence-electron chi connectivity index (χ4n) is 3.68. The Kier molecular flexibility index (Phi) is 6.36. The minimum absolute atomic E-state index is 0.00264. The number of hydrogen-bond acceptors (Lipinski definition) is 6. The van der Waals surface area contributed by atoms with Crippen LogP contribution in [-0.4, -0.2) is 24.4 Å². The van der Waals surface area contributed by atoms with Crippen LogP contribution in [0.2, 0.25) is 0 Å². The fourth-order valence-corrected chi connectivity index (χ4v) is 4.99. The summed E-state index contributed by atoms with van der Waals surface area (Å²) in [6.07, 6.45) is 2.83. The first-order valence-corrected chi connectivity index (χ1v) is 11.0. The molecule has 2 amide bonds. The van der Waals surface area contributed by atoms with Crippen LogP contribution in [-0.2, 0) is 33.6 Å². The van der Waals surface area contributed by atoms with E-state index in [0.717, 1.165) is 29.7 Å². The van der Waals surface area contributed by atoms with E-state index in [1.165, 1.54) is 17.4 Å². The zero-order valence-electron chi connectivity index (χ0n) is 17.1. The summed E-state index contributed by atoms with van der Waals surface area (Å²) in [5.41, 5.74) is 7.07. The van der Waals surface area contributed by atoms with Crippen LogP contribution in [0.4, 0.5) is 9.39 Å². The van der Waals surface area contributed by atoms with Gasteiger partial charge in [-0.05, 0) is 49.1 Å². The number of amides is 2. The van der Waals surface area contributed by atoms with Crippen molar-refractivity contribution in [3.8, 4) is 11.3 Å². The maximum Gasteiger partial charge on any atom is 0.306 e. The van der Waals surface area contributed by atoms with E-state index < -0.39 is 30.2 Å². The first-order valence-electron chi connectivity index (χ1n) is 10.2. The molecule has 0 radical (unpaired) electrons. The molecule has 3 aromatic rings. The maximum absolute atomic E-state index is 13.9. The van der Waals surface area contributed by atoms with E-state index in [0.29, 0.717) is 27.6 Å². The van der Waals surface area contributed by atoms with E-state index >= 15 is 0 Å². The lowest BCUT2D eigenvalue weighted by Gasteiger charge is -2.07. The number of esters is 1. The Morgan fingerprint density at radius 2 is 1.97 bits per heavy atom. The van der Waals surface area contributed by atoms with Gasteiger partial charge in [-0.25, -0.2) is 4.39 Å². The molecule has 0 atom stereocenters. The number of rotatable bonds is 8. The van der Waals surface area contributed by atoms with Crippen LogP contribution in [0.5, 0.6) is 0 Å². The van der Waals surface area contributed by atoms with Crippen LogP contribution >= 0.6 is 11.3 Å². The predicted molar refractivity (Wildman–Crippen MR) is 117 cm³/mol. The molecule has 0 spiro atoms. The van der Waals surface area contributed by atoms with Gasteiger partial charge in [0.05, 0.1) is 17.5 Å². The van der Waals surface area contributed by atoms with E-state index in [9.17, 15) is 18.8 Å². The molecule has 1 aliphatic rings. The molecule has 1 aliphatic carbocycles. The van der Waals surface area contributed by atoms with Crippen LogP contribution in [0, 0.1) is 5.82 Å². The van der Waals surface area contributed by atoms with Crippen LogP contribution in [0.3, 0.4) is 0 Å². The minimum atomic E-state index is -0.579. The summed E-state index contributed by atoms with van der Waals surface area (Å²) in [6.45, 7) is -0.474. The number of primary amides is 1. The predicted octanol–water partition coefficient (Wildman–Crippen LogP) is 3.85. The second-order valence-electron chi connectivity index (χ2n) is 7.38. The van der Waals surface area contributed by atoms with Gasteiger partial charge < -0.3 is 20.2 Å². The van der Waals surface area contributed by atoms with Crippen LogP contribution < -0.4 is 11.1 Å². The van der Waals surface area contributed by atoms with Crippen LogP contribution in [0.25, 0.3) is 11.3 Å². The molecule has 7 nitrogen and oxygen atoms in total. The lowest BCUT2D eigenvalue weighted by atomic mass is 10.1. The van der Waals surface area contributed by atoms with Gasteiger partial charge in [-0.3, -0.25) is 14.4 Å². The molecule has 4 rings (SSSR count). The summed E-state index contributed by atoms with van der Waals surface area (Å²) in [6, 6.07) is 9.56. The summed E-state index contributed by atoms with van der Waals surface area (Å²) in [7, 11) is 0. The van der Waals surface area contributed by atoms with Crippen molar-refractivity contribution in [3.63, 3.8) is 0 Å². The Hall–Kier alpha value is -3.46. The molecule has 0 bridgehead atoms. The summed E-state index contributed by atoms with van der Waals surface area (Å²) >= 11 is 1.34. The third-order valence-electron chi connectivity index (χ3n) is 5.16. The van der Waals surface area contributed by atoms with Crippen LogP contribution in [0.15, 0.2) is 40.8 Å². The number of furan rings is 1. The summed E-state index contributed by atoms with van der Waals surface area (Å²) in [5.74, 6) is -1.21. The van der Waals surface area contributed by atoms with Crippen molar-refractivity contribution < 1.29 is 27.9 Å². The molecule has 0 saturated heterocycles. The third kappa shape index (κ3) is 4.72. The van der Waals surface area contributed by atoms with Gasteiger partial charge in [-0.1, -0.05) is 12.1 Å². The number of fused-ring (bicyclic) bond motifs is 1. The summed E-state index contributed by atoms with van der Waals surface area (Å²) in [4.78, 5) is 37.1. The number of halogens is 1. The second-order valence-corrected chi connectivity index (χ2v) is 8.49. The van der Waals surface area contributed by atoms with Gasteiger partial charge in [0.25, 0.3) is 11.8 Å². The molecule has 9 heteroatoms. The summed E-state index contributed by atoms with van der Waals surface area (Å²) in [5, 5.41) is 3.03. The van der Waals surface area contributed by atoms with Gasteiger partial charge in [0, 0.05) is 11.3 Å². The Balaban J connectivity index is 1.27. The number of benzene rings is 1. The van der Waals surface area contributed by atoms with Gasteiger partial charge in [-0.15, -0.1) is 11.3 Å². The Morgan fingerprint density at radius 1 is 1.16 bits per heavy atom. The Bertz CT molecular complexity index is 1180. The van der Waals surface area contributed by atoms with E-state index in [-0.39, 0.29) is 12.8 Å². The molecule has 166 valence electrons. The molecule has 0 aliphatic heterocycles. The van der Waals surface area contributed by atoms with Crippen LogP contribution in [0.1, 0.15) is 39.4 Å². The molecule has 2 heterocycles. The number of thiophene rings is 1. The Morgan fingerprint density at radius 3 is 2.75 bits per heavy atom. The fraction of sp³-hybridized carbons (Fsp3) is 0.261. The number of nitrogens with two attached hydrogens (primary N) is 1. The average Bonchev–Trinajstić information content (AvgIpc) is 3.47. The zero-order chi connectivity index (χ0) is 22.7. The first kappa shape index (κ1) is 21.8. The Labute approximate surface area is 187 Å². The molecule has 32 heavy (non-hydrogen) atoms. The molecule has 0 unspecified atom stereocenters. The number of ether oxygens (including phenoxy) is 1. The molecule has 0 saturated carbocycles. The zero-order valence-corrected chi connectivity index (χ0v) is 17.9. The molecule has 1 aromatic carbocycles. The minimum Gasteiger partial charge on any atom is -0.461 e. The SMILES string of the molecule is NC(=O)c1c(NC(=O)COC(=O)CCc2ccc(-c3ccccc3F)o2)sc2c1CCC2. The smallest absolute Gasteiger partial charge is 0.306 e. The van der Waals surface area contributed by atoms with Crippen molar-refractivity contribution >= 4 is 34.1 Å². The maximum atomic E-state index is 13.9. The number of carbonyl (C=O) groups excluding carboxylic acids is 3. The number of carbonyl (C=O) groups is 3. The number of hydrogen-bond donors (Lipinski definition) is 2. The van der Waals surface area contributed by atoms with Crippen molar-refractivity contribution in [1.82, 2.24) is 0 Å². The number of aryl methyl sites for hydroxylation is 2. The van der Waals surface area contributed by atoms with E-state index in [1.54, 1.807) is 30.3 Å². The molecule has 3 N–H and O–H groups in total. The number of nitrogens with one attached hydrogen (secondary N) is 1. The topological polar surface area (TPSA) is 112 Å². The average molecular weight is 456 g/mol. The number of anilines is 1. The lowest BCUT2D eigenvalue weighted by molar-refractivity contribution is -0.147. The quantitative estimate of drug-likeness (QED) is 0.500. The van der Waals surface area contributed by atoms with Gasteiger partial charge in [0.1, 0.15) is 22.3 Å². The van der Waals surface area contributed by atoms with Crippen molar-refractivity contribution in [2.75, 3.05) is 11.9 Å². The van der Waals surface area contributed by atoms with E-state index in [1.807, 2.05) is 0 Å². The van der Waals surface area contributed by atoms with Crippen molar-refractivity contribution in [1.29, 1.82) is 0 Å². The third-order valence-corrected chi connectivity index (χ3v) is 6.37. The summed E-state index contributed by atoms with van der Waals surface area (Å²) < 4.78 is 24.5. The normalized spacial score (nSPS) is 12.4. The molecule has 2 aromatic heterocycles. The highest BCUT2D eigenvalue weighted by molar-refractivity contribution is 7.17. The van der Waals surface area contributed by atoms with E-state index in [2.05, 4.69) is 5.32 Å². The molecular formula is C23H21FN2O5S. The van der Waals surface area contributed by atoms with Gasteiger partial charge in [0.15, 0.2) is 6.61 Å². The second kappa shape index (κ2) is 9.35. The van der Waals surface area contributed by atoms with E-state index in [4.69, 9.17) is 14.9 Å². The van der Waals surface area contributed by atoms with Crippen molar-refractivity contribution in [3.05, 3.63) is 64.0 Å². The monoisotopic (exact) mass is 456 g/mol. The first-order chi connectivity index (χ1) is 15.4. The standard InChI is InChI=1S/C23H21FN2O5S/c24-16-6-2-1-4-14(16)17-10-8-13(31-17)9-11-20(28)30-12-19(27)26-23-21(22(25)29)15-5-3-7-18(15)32-23/h1-2,4,6,8,10H,3,5,7,9,11-12H2,(H2,25,29)(H,26,27). The van der Waals surface area contributed by atoms with Gasteiger partial charge in [0.2, 0.25) is 0 Å². The van der Waals surface area contributed by atoms with Crippen molar-refractivity contribution in [2.24, 2.45) is 5.73 Å². The lowest BCUT2D eigenvalue weighted by Crippen LogP contribution is -2.22. The molecule has 0 fully saturated rings. The highest BCUT2D eigenvalue weighted by Crippen LogP contribution is 2.38. The highest BCUT2D eigenvalue weighted by atomic mass is 32.1.